The van der Waals surface area contributed by atoms with Crippen LogP contribution in [0.15, 0.2) is 53.4 Å². The number of hydrogen-bond acceptors (Lipinski definition) is 5. The van der Waals surface area contributed by atoms with Crippen LogP contribution in [0.5, 0.6) is 0 Å². The number of sulfonamides is 1. The number of Topliss-reactive ketones (excluding diaryl/α,β-unsaturated/α-hetero) is 1. The zero-order valence-corrected chi connectivity index (χ0v) is 16.6. The summed E-state index contributed by atoms with van der Waals surface area (Å²) in [5, 5.41) is 8.27. The Labute approximate surface area is 171 Å². The highest BCUT2D eigenvalue weighted by Gasteiger charge is 2.64. The molecule has 3 N–H and O–H groups in total. The predicted molar refractivity (Wildman–Crippen MR) is 102 cm³/mol. The van der Waals surface area contributed by atoms with E-state index >= 15 is 0 Å². The fraction of sp³-hybridized carbons (Fsp3) is 0.300. The largest absolute Gasteiger partial charge is 0.416 e. The number of nitrogens with two attached hydrogens (primary N) is 1. The third-order valence-corrected chi connectivity index (χ3v) is 7.91. The molecule has 0 amide bonds. The van der Waals surface area contributed by atoms with Gasteiger partial charge in [0.2, 0.25) is 15.8 Å². The molecule has 10 heteroatoms. The van der Waals surface area contributed by atoms with Gasteiger partial charge in [0, 0.05) is 12.5 Å². The van der Waals surface area contributed by atoms with E-state index < -0.39 is 45.0 Å². The molecular formula is C20H18F3N3O3S. The van der Waals surface area contributed by atoms with Gasteiger partial charge in [-0.05, 0) is 42.3 Å². The number of nitrogens with one attached hydrogen (secondary N) is 1. The van der Waals surface area contributed by atoms with Gasteiger partial charge in [0.25, 0.3) is 0 Å². The summed E-state index contributed by atoms with van der Waals surface area (Å²) in [4.78, 5) is 12.8. The van der Waals surface area contributed by atoms with E-state index in [9.17, 15) is 26.4 Å². The van der Waals surface area contributed by atoms with E-state index in [1.165, 1.54) is 6.92 Å². The summed E-state index contributed by atoms with van der Waals surface area (Å²) in [5.41, 5.74) is 3.94. The molecule has 2 aliphatic heterocycles. The summed E-state index contributed by atoms with van der Waals surface area (Å²) in [7, 11) is -4.39. The van der Waals surface area contributed by atoms with Crippen LogP contribution in [0.1, 0.15) is 29.7 Å². The Morgan fingerprint density at radius 3 is 2.30 bits per heavy atom. The van der Waals surface area contributed by atoms with Crippen molar-refractivity contribution in [3.8, 4) is 0 Å². The lowest BCUT2D eigenvalue weighted by molar-refractivity contribution is -0.137. The van der Waals surface area contributed by atoms with Gasteiger partial charge in [-0.2, -0.15) is 17.5 Å². The predicted octanol–water partition coefficient (Wildman–Crippen LogP) is 2.84. The summed E-state index contributed by atoms with van der Waals surface area (Å²) in [6, 6.07) is 8.95. The van der Waals surface area contributed by atoms with E-state index in [-0.39, 0.29) is 17.2 Å². The molecular weight excluding hydrogens is 419 g/mol. The smallest absolute Gasteiger partial charge is 0.330 e. The lowest BCUT2D eigenvalue weighted by Crippen LogP contribution is -2.60. The SMILES string of the molecule is CC12C(=O)C(=N)C(CN)C(c3ccccc31)N2S(=O)(=O)c1ccc(C(F)(F)F)cc1. The maximum atomic E-state index is 13.6. The first kappa shape index (κ1) is 20.7. The lowest BCUT2D eigenvalue weighted by Gasteiger charge is -2.44. The Kier molecular flexibility index (Phi) is 4.46. The van der Waals surface area contributed by atoms with E-state index in [0.29, 0.717) is 23.3 Å². The number of carbonyl (C=O) groups is 1. The van der Waals surface area contributed by atoms with Crippen LogP contribution in [0.3, 0.4) is 0 Å². The van der Waals surface area contributed by atoms with Crippen LogP contribution in [-0.4, -0.2) is 30.8 Å². The molecule has 3 atom stereocenters. The molecule has 4 rings (SSSR count). The third kappa shape index (κ3) is 2.60. The lowest BCUT2D eigenvalue weighted by atomic mass is 9.81. The third-order valence-electron chi connectivity index (χ3n) is 5.93. The normalized spacial score (nSPS) is 26.7. The summed E-state index contributed by atoms with van der Waals surface area (Å²) < 4.78 is 66.9. The second-order valence-corrected chi connectivity index (χ2v) is 9.33. The fourth-order valence-corrected chi connectivity index (χ4v) is 6.41. The van der Waals surface area contributed by atoms with Crippen molar-refractivity contribution in [2.75, 3.05) is 6.54 Å². The maximum Gasteiger partial charge on any atom is 0.416 e. The topological polar surface area (TPSA) is 104 Å². The Morgan fingerprint density at radius 2 is 1.73 bits per heavy atom. The van der Waals surface area contributed by atoms with Crippen LogP contribution in [0.25, 0.3) is 0 Å². The summed E-state index contributed by atoms with van der Waals surface area (Å²) >= 11 is 0. The maximum absolute atomic E-state index is 13.6. The van der Waals surface area contributed by atoms with Crippen molar-refractivity contribution in [3.05, 3.63) is 65.2 Å². The zero-order valence-electron chi connectivity index (χ0n) is 15.8. The number of benzene rings is 2. The number of nitrogens with zero attached hydrogens (tertiary/aromatic N) is 1. The minimum absolute atomic E-state index is 0.126. The van der Waals surface area contributed by atoms with E-state index in [2.05, 4.69) is 0 Å². The quantitative estimate of drug-likeness (QED) is 0.771. The molecule has 30 heavy (non-hydrogen) atoms. The first-order valence-corrected chi connectivity index (χ1v) is 10.5. The van der Waals surface area contributed by atoms with Gasteiger partial charge in [-0.3, -0.25) is 4.79 Å². The van der Waals surface area contributed by atoms with Crippen LogP contribution in [0.4, 0.5) is 13.2 Å². The summed E-state index contributed by atoms with van der Waals surface area (Å²) in [5.74, 6) is -1.55. The van der Waals surface area contributed by atoms with Crippen molar-refractivity contribution < 1.29 is 26.4 Å². The van der Waals surface area contributed by atoms with E-state index in [0.717, 1.165) is 16.4 Å². The van der Waals surface area contributed by atoms with Crippen molar-refractivity contribution in [3.63, 3.8) is 0 Å². The highest BCUT2D eigenvalue weighted by Crippen LogP contribution is 2.56. The van der Waals surface area contributed by atoms with E-state index in [1.807, 2.05) is 0 Å². The second kappa shape index (κ2) is 6.47. The number of piperidine rings is 1. The van der Waals surface area contributed by atoms with Crippen molar-refractivity contribution >= 4 is 21.5 Å². The molecule has 158 valence electrons. The van der Waals surface area contributed by atoms with Gasteiger partial charge in [-0.25, -0.2) is 8.42 Å². The molecule has 0 aromatic heterocycles. The first-order valence-electron chi connectivity index (χ1n) is 9.10. The van der Waals surface area contributed by atoms with Crippen molar-refractivity contribution in [1.82, 2.24) is 4.31 Å². The Balaban J connectivity index is 1.92. The van der Waals surface area contributed by atoms with Crippen LogP contribution in [0, 0.1) is 11.3 Å². The number of ketones is 1. The molecule has 1 fully saturated rings. The zero-order chi connectivity index (χ0) is 22.1. The number of rotatable bonds is 3. The molecule has 2 aromatic rings. The van der Waals surface area contributed by atoms with Gasteiger partial charge in [0.05, 0.1) is 22.2 Å². The van der Waals surface area contributed by atoms with Gasteiger partial charge in [0.1, 0.15) is 5.54 Å². The van der Waals surface area contributed by atoms with Gasteiger partial charge in [0.15, 0.2) is 0 Å². The number of hydrogen-bond donors (Lipinski definition) is 2. The van der Waals surface area contributed by atoms with Crippen LogP contribution in [0.2, 0.25) is 0 Å². The Bertz CT molecular complexity index is 1160. The van der Waals surface area contributed by atoms with Crippen LogP contribution < -0.4 is 5.73 Å². The highest BCUT2D eigenvalue weighted by atomic mass is 32.2. The highest BCUT2D eigenvalue weighted by molar-refractivity contribution is 7.89. The summed E-state index contributed by atoms with van der Waals surface area (Å²) in [6.07, 6.45) is -4.61. The number of alkyl halides is 3. The minimum Gasteiger partial charge on any atom is -0.330 e. The van der Waals surface area contributed by atoms with Gasteiger partial charge in [-0.15, -0.1) is 0 Å². The van der Waals surface area contributed by atoms with Crippen LogP contribution in [-0.2, 0) is 26.5 Å². The molecule has 0 radical (unpaired) electrons. The molecule has 0 saturated carbocycles. The van der Waals surface area contributed by atoms with Gasteiger partial charge < -0.3 is 11.1 Å². The molecule has 2 aliphatic rings. The number of fused-ring (bicyclic) bond motifs is 5. The van der Waals surface area contributed by atoms with Crippen molar-refractivity contribution in [2.24, 2.45) is 11.7 Å². The molecule has 2 aromatic carbocycles. The Morgan fingerprint density at radius 1 is 1.13 bits per heavy atom. The number of halogens is 3. The van der Waals surface area contributed by atoms with Gasteiger partial charge >= 0.3 is 6.18 Å². The molecule has 2 heterocycles. The van der Waals surface area contributed by atoms with Gasteiger partial charge in [-0.1, -0.05) is 24.3 Å². The average molecular weight is 437 g/mol. The molecule has 1 saturated heterocycles. The first-order chi connectivity index (χ1) is 14.0. The van der Waals surface area contributed by atoms with Crippen molar-refractivity contribution in [2.45, 2.75) is 29.6 Å². The molecule has 0 spiro atoms. The van der Waals surface area contributed by atoms with Crippen LogP contribution >= 0.6 is 0 Å². The monoisotopic (exact) mass is 437 g/mol. The summed E-state index contributed by atoms with van der Waals surface area (Å²) in [6.45, 7) is 1.30. The minimum atomic E-state index is -4.61. The molecule has 0 aliphatic carbocycles. The Hall–Kier alpha value is -2.56. The fourth-order valence-electron chi connectivity index (χ4n) is 4.48. The second-order valence-electron chi connectivity index (χ2n) is 7.51. The van der Waals surface area contributed by atoms with Crippen molar-refractivity contribution in [1.29, 1.82) is 5.41 Å². The standard InChI is InChI=1S/C20H18F3N3O3S/c1-19-15-5-3-2-4-13(15)17(14(10-24)16(25)18(19)27)26(19)30(28,29)12-8-6-11(7-9-12)20(21,22)23/h2-9,14,17,25H,10,24H2,1H3. The average Bonchev–Trinajstić information content (AvgIpc) is 2.94. The molecule has 3 unspecified atom stereocenters. The molecule has 6 nitrogen and oxygen atoms in total. The van der Waals surface area contributed by atoms with E-state index in [4.69, 9.17) is 11.1 Å². The van der Waals surface area contributed by atoms with E-state index in [1.54, 1.807) is 24.3 Å². The number of carbonyl (C=O) groups excluding carboxylic acids is 1. The molecule has 2 bridgehead atoms.